The summed E-state index contributed by atoms with van der Waals surface area (Å²) in [5.74, 6) is 0. The third kappa shape index (κ3) is 4.85. The van der Waals surface area contributed by atoms with Gasteiger partial charge in [-0.15, -0.1) is 0 Å². The molecule has 23 heavy (non-hydrogen) atoms. The van der Waals surface area contributed by atoms with Crippen LogP contribution in [-0.2, 0) is 0 Å². The molecule has 0 aromatic heterocycles. The first-order valence-corrected chi connectivity index (χ1v) is 12.1. The average Bonchev–Trinajstić information content (AvgIpc) is 2.05. The fourth-order valence-electron chi connectivity index (χ4n) is 4.83. The summed E-state index contributed by atoms with van der Waals surface area (Å²) < 4.78 is 5.94. The minimum Gasteiger partial charge on any atom is -0.277 e. The van der Waals surface area contributed by atoms with E-state index in [0.29, 0.717) is 0 Å². The van der Waals surface area contributed by atoms with Gasteiger partial charge in [0.15, 0.2) is 0 Å². The molecule has 0 atom stereocenters. The third-order valence-corrected chi connectivity index (χ3v) is 14.6. The summed E-state index contributed by atoms with van der Waals surface area (Å²) in [6.07, 6.45) is 0. The topological polar surface area (TPSA) is 12.4 Å². The van der Waals surface area contributed by atoms with Crippen molar-refractivity contribution in [1.29, 1.82) is 0 Å². The lowest BCUT2D eigenvalue weighted by Crippen LogP contribution is -2.39. The highest BCUT2D eigenvalue weighted by molar-refractivity contribution is 7.77. The van der Waals surface area contributed by atoms with E-state index < -0.39 is 15.1 Å². The predicted octanol–water partition coefficient (Wildman–Crippen LogP) is 8.58. The molecule has 0 unspecified atom stereocenters. The molecular formula is C20H45NP2. The van der Waals surface area contributed by atoms with Gasteiger partial charge in [-0.2, -0.15) is 0 Å². The van der Waals surface area contributed by atoms with E-state index in [4.69, 9.17) is 4.52 Å². The van der Waals surface area contributed by atoms with Gasteiger partial charge in [-0.1, -0.05) is 104 Å². The van der Waals surface area contributed by atoms with Crippen LogP contribution in [0.2, 0.25) is 0 Å². The molecule has 0 aliphatic carbocycles. The molecule has 0 fully saturated rings. The van der Waals surface area contributed by atoms with Crippen LogP contribution in [0.5, 0.6) is 0 Å². The Hall–Kier alpha value is 0.660. The van der Waals surface area contributed by atoms with Gasteiger partial charge in [0.25, 0.3) is 0 Å². The highest BCUT2D eigenvalue weighted by Gasteiger charge is 2.52. The second kappa shape index (κ2) is 6.43. The van der Waals surface area contributed by atoms with Crippen LogP contribution in [0.4, 0.5) is 0 Å². The Morgan fingerprint density at radius 1 is 0.478 bits per heavy atom. The van der Waals surface area contributed by atoms with Crippen LogP contribution >= 0.6 is 15.1 Å². The largest absolute Gasteiger partial charge is 0.277 e. The van der Waals surface area contributed by atoms with E-state index in [1.807, 2.05) is 0 Å². The average molecular weight is 362 g/mol. The molecule has 0 aliphatic heterocycles. The minimum absolute atomic E-state index is 0.209. The molecule has 0 amide bonds. The van der Waals surface area contributed by atoms with Crippen LogP contribution in [0.1, 0.15) is 104 Å². The van der Waals surface area contributed by atoms with E-state index in [1.54, 1.807) is 0 Å². The summed E-state index contributed by atoms with van der Waals surface area (Å²) in [6.45, 7) is 36.2. The summed E-state index contributed by atoms with van der Waals surface area (Å²) in [7, 11) is -2.09. The van der Waals surface area contributed by atoms with Gasteiger partial charge < -0.3 is 0 Å². The molecule has 0 spiro atoms. The third-order valence-electron chi connectivity index (χ3n) is 4.41. The Morgan fingerprint density at radius 2 is 0.696 bits per heavy atom. The van der Waals surface area contributed by atoms with Gasteiger partial charge in [0.05, 0.1) is 0 Å². The Bertz CT molecular complexity index is 398. The van der Waals surface area contributed by atoms with Crippen molar-refractivity contribution in [1.82, 2.24) is 0 Å². The molecule has 0 saturated carbocycles. The molecule has 0 heterocycles. The maximum absolute atomic E-state index is 5.94. The summed E-state index contributed by atoms with van der Waals surface area (Å²) >= 11 is 0. The summed E-state index contributed by atoms with van der Waals surface area (Å²) in [5, 5.41) is 1.10. The lowest BCUT2D eigenvalue weighted by Gasteiger charge is -2.56. The Labute approximate surface area is 149 Å². The monoisotopic (exact) mass is 361 g/mol. The van der Waals surface area contributed by atoms with E-state index in [-0.39, 0.29) is 25.8 Å². The first kappa shape index (κ1) is 23.7. The summed E-state index contributed by atoms with van der Waals surface area (Å²) in [6, 6.07) is 0. The maximum Gasteiger partial charge on any atom is 0.0249 e. The summed E-state index contributed by atoms with van der Waals surface area (Å²) in [5.41, 5.74) is 0. The molecule has 0 aliphatic rings. The zero-order chi connectivity index (χ0) is 19.3. The van der Waals surface area contributed by atoms with Gasteiger partial charge in [-0.3, -0.25) is 4.52 Å². The van der Waals surface area contributed by atoms with Gasteiger partial charge in [-0.25, -0.2) is 0 Å². The fourth-order valence-corrected chi connectivity index (χ4v) is 19.3. The minimum atomic E-state index is -1.64. The number of nitrogens with zero attached hydrogens (tertiary/aromatic N) is 1. The van der Waals surface area contributed by atoms with Crippen molar-refractivity contribution in [3.05, 3.63) is 0 Å². The molecule has 0 saturated heterocycles. The van der Waals surface area contributed by atoms with Crippen molar-refractivity contribution in [2.45, 2.75) is 130 Å². The molecule has 1 nitrogen and oxygen atoms in total. The zero-order valence-corrected chi connectivity index (χ0v) is 20.6. The van der Waals surface area contributed by atoms with Gasteiger partial charge in [0, 0.05) is 18.4 Å². The molecule has 0 aromatic carbocycles. The fraction of sp³-hybridized carbons (Fsp3) is 1.00. The van der Waals surface area contributed by atoms with Crippen molar-refractivity contribution in [3.63, 3.8) is 0 Å². The van der Waals surface area contributed by atoms with Gasteiger partial charge >= 0.3 is 0 Å². The van der Waals surface area contributed by atoms with E-state index >= 15 is 0 Å². The first-order chi connectivity index (χ1) is 9.59. The van der Waals surface area contributed by atoms with E-state index in [2.05, 4.69) is 104 Å². The van der Waals surface area contributed by atoms with Crippen molar-refractivity contribution < 1.29 is 0 Å². The molecular weight excluding hydrogens is 316 g/mol. The van der Waals surface area contributed by atoms with Crippen molar-refractivity contribution in [3.8, 4) is 0 Å². The lowest BCUT2D eigenvalue weighted by molar-refractivity contribution is 0.629. The number of hydrogen-bond donors (Lipinski definition) is 0. The van der Waals surface area contributed by atoms with Crippen molar-refractivity contribution in [2.24, 2.45) is 4.52 Å². The second-order valence-corrected chi connectivity index (χ2v) is 21.2. The molecule has 0 bridgehead atoms. The van der Waals surface area contributed by atoms with Gasteiger partial charge in [0.1, 0.15) is 0 Å². The second-order valence-electron chi connectivity index (χ2n) is 11.9. The molecule has 0 radical (unpaired) electrons. The molecule has 140 valence electrons. The summed E-state index contributed by atoms with van der Waals surface area (Å²) in [4.78, 5) is 0. The zero-order valence-electron chi connectivity index (χ0n) is 18.8. The van der Waals surface area contributed by atoms with Crippen LogP contribution in [-0.4, -0.2) is 25.8 Å². The quantitative estimate of drug-likeness (QED) is 0.415. The van der Waals surface area contributed by atoms with Gasteiger partial charge in [-0.05, 0) is 22.5 Å². The lowest BCUT2D eigenvalue weighted by atomic mass is 10.2. The highest BCUT2D eigenvalue weighted by Crippen LogP contribution is 2.81. The maximum atomic E-state index is 5.94. The van der Waals surface area contributed by atoms with Crippen molar-refractivity contribution in [2.75, 3.05) is 0 Å². The van der Waals surface area contributed by atoms with Crippen LogP contribution in [0.3, 0.4) is 0 Å². The van der Waals surface area contributed by atoms with Gasteiger partial charge in [0.2, 0.25) is 0 Å². The van der Waals surface area contributed by atoms with Crippen LogP contribution in [0.15, 0.2) is 4.52 Å². The Kier molecular flexibility index (Phi) is 6.61. The molecule has 0 aromatic rings. The van der Waals surface area contributed by atoms with Crippen molar-refractivity contribution >= 4 is 15.1 Å². The van der Waals surface area contributed by atoms with Crippen LogP contribution in [0.25, 0.3) is 0 Å². The highest BCUT2D eigenvalue weighted by atomic mass is 31.2. The molecule has 0 N–H and O–H groups in total. The van der Waals surface area contributed by atoms with E-state index in [9.17, 15) is 0 Å². The standard InChI is InChI=1S/C20H45NP2/c1-16(2,3)22(17(4,5)6)21-23(18(7,8)9,19(10,11)12)20(13,14)15/h1-15H3. The number of rotatable bonds is 1. The Morgan fingerprint density at radius 3 is 0.826 bits per heavy atom. The smallest absolute Gasteiger partial charge is 0.0249 e. The van der Waals surface area contributed by atoms with E-state index in [1.165, 1.54) is 0 Å². The SMILES string of the molecule is CC(C)(C)P(N=P(C(C)(C)C)(C(C)(C)C)C(C)(C)C)C(C)(C)C. The molecule has 3 heteroatoms. The Balaban J connectivity index is 7.07. The normalized spacial score (nSPS) is 16.0. The molecule has 0 rings (SSSR count). The number of hydrogen-bond acceptors (Lipinski definition) is 1. The van der Waals surface area contributed by atoms with Crippen LogP contribution < -0.4 is 0 Å². The first-order valence-electron chi connectivity index (χ1n) is 9.02. The predicted molar refractivity (Wildman–Crippen MR) is 115 cm³/mol. The van der Waals surface area contributed by atoms with Crippen LogP contribution in [0, 0.1) is 0 Å². The van der Waals surface area contributed by atoms with E-state index in [0.717, 1.165) is 0 Å².